The van der Waals surface area contributed by atoms with Crippen molar-refractivity contribution in [2.75, 3.05) is 0 Å². The first-order chi connectivity index (χ1) is 16.6. The van der Waals surface area contributed by atoms with Gasteiger partial charge in [-0.1, -0.05) is 152 Å². The number of benzene rings is 2. The van der Waals surface area contributed by atoms with Gasteiger partial charge in [-0.2, -0.15) is 0 Å². The Bertz CT molecular complexity index is 952. The lowest BCUT2D eigenvalue weighted by atomic mass is 10.0. The summed E-state index contributed by atoms with van der Waals surface area (Å²) in [5.41, 5.74) is 3.51. The second-order valence-corrected chi connectivity index (χ2v) is 22.3. The summed E-state index contributed by atoms with van der Waals surface area (Å²) in [5, 5.41) is 2.07. The van der Waals surface area contributed by atoms with Crippen LogP contribution in [0, 0.1) is 0 Å². The van der Waals surface area contributed by atoms with E-state index in [-0.39, 0.29) is 26.2 Å². The molecule has 0 saturated carbocycles. The van der Waals surface area contributed by atoms with Gasteiger partial charge in [0, 0.05) is 5.56 Å². The van der Waals surface area contributed by atoms with E-state index in [4.69, 9.17) is 4.99 Å². The third-order valence-corrected chi connectivity index (χ3v) is 13.1. The highest BCUT2D eigenvalue weighted by atomic mass is 31.1. The van der Waals surface area contributed by atoms with Gasteiger partial charge < -0.3 is 0 Å². The van der Waals surface area contributed by atoms with Gasteiger partial charge >= 0.3 is 0 Å². The van der Waals surface area contributed by atoms with Gasteiger partial charge in [0.15, 0.2) is 0 Å². The highest BCUT2D eigenvalue weighted by Crippen LogP contribution is 2.68. The maximum atomic E-state index is 5.70. The van der Waals surface area contributed by atoms with Crippen LogP contribution in [0.2, 0.25) is 0 Å². The van der Waals surface area contributed by atoms with Gasteiger partial charge in [0.05, 0.1) is 11.0 Å². The Morgan fingerprint density at radius 1 is 0.514 bits per heavy atom. The molecule has 0 amide bonds. The lowest BCUT2D eigenvalue weighted by Gasteiger charge is -2.44. The van der Waals surface area contributed by atoms with Crippen molar-refractivity contribution in [2.45, 2.75) is 123 Å². The maximum absolute atomic E-state index is 5.70. The minimum absolute atomic E-state index is 0.133. The van der Waals surface area contributed by atoms with Crippen molar-refractivity contribution in [2.24, 2.45) is 4.99 Å². The number of aliphatic imine (C=N–C) groups is 1. The average molecular weight is 538 g/mol. The van der Waals surface area contributed by atoms with E-state index in [1.54, 1.807) is 0 Å². The third-order valence-electron chi connectivity index (χ3n) is 6.12. The molecule has 0 unspecified atom stereocenters. The standard InChI is InChI=1S/C34H53NP2/c1-30(2,3)36(31(4,5)6)28(26-21-17-15-18-22-26)25-34(13,14)35-29(27-23-19-16-20-24-27)37(32(7,8)9)33(10,11)12/h15-25H,1-14H3. The van der Waals surface area contributed by atoms with Gasteiger partial charge in [0.1, 0.15) is 0 Å². The molecule has 2 aromatic rings. The van der Waals surface area contributed by atoms with Crippen LogP contribution < -0.4 is 0 Å². The van der Waals surface area contributed by atoms with Crippen LogP contribution in [0.1, 0.15) is 108 Å². The fourth-order valence-electron chi connectivity index (χ4n) is 5.73. The predicted molar refractivity (Wildman–Crippen MR) is 174 cm³/mol. The van der Waals surface area contributed by atoms with Crippen LogP contribution in [0.25, 0.3) is 5.31 Å². The summed E-state index contributed by atoms with van der Waals surface area (Å²) in [6, 6.07) is 22.0. The van der Waals surface area contributed by atoms with E-state index >= 15 is 0 Å². The zero-order valence-electron chi connectivity index (χ0n) is 26.2. The second kappa shape index (κ2) is 11.4. The van der Waals surface area contributed by atoms with Crippen molar-refractivity contribution in [1.82, 2.24) is 0 Å². The molecule has 0 fully saturated rings. The summed E-state index contributed by atoms with van der Waals surface area (Å²) in [6.45, 7) is 33.4. The first kappa shape index (κ1) is 31.9. The van der Waals surface area contributed by atoms with Crippen molar-refractivity contribution in [1.29, 1.82) is 0 Å². The maximum Gasteiger partial charge on any atom is 0.0748 e. The summed E-state index contributed by atoms with van der Waals surface area (Å²) in [4.78, 5) is 5.70. The Labute approximate surface area is 232 Å². The van der Waals surface area contributed by atoms with Gasteiger partial charge in [-0.3, -0.25) is 4.99 Å². The Hall–Kier alpha value is -1.29. The Balaban J connectivity index is 2.90. The molecule has 0 heterocycles. The van der Waals surface area contributed by atoms with Crippen LogP contribution in [-0.4, -0.2) is 31.6 Å². The van der Waals surface area contributed by atoms with Gasteiger partial charge in [0.2, 0.25) is 0 Å². The van der Waals surface area contributed by atoms with Gasteiger partial charge in [0.25, 0.3) is 0 Å². The van der Waals surface area contributed by atoms with E-state index in [1.165, 1.54) is 21.9 Å². The van der Waals surface area contributed by atoms with E-state index in [0.29, 0.717) is 0 Å². The Kier molecular flexibility index (Phi) is 9.87. The van der Waals surface area contributed by atoms with Crippen molar-refractivity contribution in [3.8, 4) is 0 Å². The van der Waals surface area contributed by atoms with E-state index in [2.05, 4.69) is 164 Å². The van der Waals surface area contributed by atoms with E-state index in [1.807, 2.05) is 0 Å². The molecule has 37 heavy (non-hydrogen) atoms. The lowest BCUT2D eigenvalue weighted by Crippen LogP contribution is -2.31. The van der Waals surface area contributed by atoms with Crippen molar-refractivity contribution < 1.29 is 0 Å². The number of rotatable bonds is 6. The summed E-state index contributed by atoms with van der Waals surface area (Å²) in [5.74, 6) is 0. The Morgan fingerprint density at radius 2 is 0.865 bits per heavy atom. The summed E-state index contributed by atoms with van der Waals surface area (Å²) in [7, 11) is -1.05. The molecule has 2 rings (SSSR count). The third kappa shape index (κ3) is 8.87. The SMILES string of the molecule is CC(C)(C=C(c1ccccc1)P(C(C)(C)C)C(C)(C)C)N=C(c1ccccc1)P(C(C)(C)C)C(C)(C)C. The van der Waals surface area contributed by atoms with Gasteiger partial charge in [-0.25, -0.2) is 0 Å². The quantitative estimate of drug-likeness (QED) is 0.257. The van der Waals surface area contributed by atoms with E-state index < -0.39 is 15.8 Å². The van der Waals surface area contributed by atoms with Gasteiger partial charge in [-0.05, 0) is 59.3 Å². The monoisotopic (exact) mass is 537 g/mol. The lowest BCUT2D eigenvalue weighted by molar-refractivity contribution is 0.659. The molecule has 3 heteroatoms. The smallest absolute Gasteiger partial charge is 0.0748 e. The molecule has 0 radical (unpaired) electrons. The van der Waals surface area contributed by atoms with Crippen molar-refractivity contribution >= 4 is 26.6 Å². The molecular formula is C34H53NP2. The van der Waals surface area contributed by atoms with Gasteiger partial charge in [-0.15, -0.1) is 0 Å². The normalized spacial score (nSPS) is 15.0. The highest BCUT2D eigenvalue weighted by molar-refractivity contribution is 7.78. The van der Waals surface area contributed by atoms with Crippen LogP contribution in [0.5, 0.6) is 0 Å². The number of nitrogens with zero attached hydrogens (tertiary/aromatic N) is 1. The zero-order valence-corrected chi connectivity index (χ0v) is 28.0. The number of hydrogen-bond acceptors (Lipinski definition) is 1. The molecule has 1 nitrogen and oxygen atoms in total. The van der Waals surface area contributed by atoms with Crippen LogP contribution >= 0.6 is 15.8 Å². The molecular weight excluding hydrogens is 484 g/mol. The van der Waals surface area contributed by atoms with Crippen molar-refractivity contribution in [3.63, 3.8) is 0 Å². The first-order valence-corrected chi connectivity index (χ1v) is 16.4. The molecule has 0 aliphatic rings. The van der Waals surface area contributed by atoms with Crippen LogP contribution in [-0.2, 0) is 0 Å². The molecule has 0 aliphatic carbocycles. The molecule has 0 N–H and O–H groups in total. The molecule has 0 bridgehead atoms. The molecule has 0 spiro atoms. The molecule has 0 aliphatic heterocycles. The average Bonchev–Trinajstić information content (AvgIpc) is 2.69. The summed E-state index contributed by atoms with van der Waals surface area (Å²) >= 11 is 0. The molecule has 0 aromatic heterocycles. The van der Waals surface area contributed by atoms with Crippen molar-refractivity contribution in [3.05, 3.63) is 77.9 Å². The topological polar surface area (TPSA) is 12.4 Å². The molecule has 204 valence electrons. The minimum atomic E-state index is -0.560. The Morgan fingerprint density at radius 3 is 1.22 bits per heavy atom. The minimum Gasteiger partial charge on any atom is -0.274 e. The molecule has 0 saturated heterocycles. The fraction of sp³-hybridized carbons (Fsp3) is 0.559. The van der Waals surface area contributed by atoms with Crippen LogP contribution in [0.3, 0.4) is 0 Å². The highest BCUT2D eigenvalue weighted by Gasteiger charge is 2.41. The predicted octanol–water partition coefficient (Wildman–Crippen LogP) is 11.4. The first-order valence-electron chi connectivity index (χ1n) is 13.7. The molecule has 2 aromatic carbocycles. The largest absolute Gasteiger partial charge is 0.274 e. The summed E-state index contributed by atoms with van der Waals surface area (Å²) < 4.78 is 0. The van der Waals surface area contributed by atoms with Crippen LogP contribution in [0.4, 0.5) is 0 Å². The van der Waals surface area contributed by atoms with Crippen LogP contribution in [0.15, 0.2) is 71.7 Å². The number of hydrogen-bond donors (Lipinski definition) is 0. The summed E-state index contributed by atoms with van der Waals surface area (Å²) in [6.07, 6.45) is 2.51. The van der Waals surface area contributed by atoms with E-state index in [0.717, 1.165) is 0 Å². The fourth-order valence-corrected chi connectivity index (χ4v) is 14.1. The second-order valence-electron chi connectivity index (χ2n) is 14.7. The van der Waals surface area contributed by atoms with E-state index in [9.17, 15) is 0 Å². The molecule has 0 atom stereocenters. The zero-order chi connectivity index (χ0) is 28.4.